The van der Waals surface area contributed by atoms with Gasteiger partial charge in [0, 0.05) is 12.6 Å². The molecule has 5 atom stereocenters. The molecule has 1 fully saturated rings. The van der Waals surface area contributed by atoms with Crippen molar-refractivity contribution in [2.24, 2.45) is 23.5 Å². The number of nitrogens with two attached hydrogens (primary N) is 1. The molecule has 10 nitrogen and oxygen atoms in total. The van der Waals surface area contributed by atoms with Crippen LogP contribution >= 0.6 is 0 Å². The molecule has 1 heterocycles. The van der Waals surface area contributed by atoms with Gasteiger partial charge in [0.2, 0.25) is 11.8 Å². The second-order valence-electron chi connectivity index (χ2n) is 9.73. The Balaban J connectivity index is 2.93. The first-order chi connectivity index (χ1) is 14.8. The number of amides is 3. The fraction of sp³-hybridized carbons (Fsp3) is 0.818. The zero-order valence-corrected chi connectivity index (χ0v) is 20.0. The van der Waals surface area contributed by atoms with E-state index in [0.29, 0.717) is 25.8 Å². The quantitative estimate of drug-likeness (QED) is 0.294. The molecule has 1 aliphatic heterocycles. The zero-order chi connectivity index (χ0) is 24.7. The molecule has 1 saturated heterocycles. The van der Waals surface area contributed by atoms with Crippen molar-refractivity contribution in [3.8, 4) is 0 Å². The summed E-state index contributed by atoms with van der Waals surface area (Å²) in [4.78, 5) is 51.3. The van der Waals surface area contributed by atoms with E-state index in [1.807, 2.05) is 13.8 Å². The van der Waals surface area contributed by atoms with E-state index >= 15 is 0 Å². The molecule has 1 rings (SSSR count). The normalized spacial score (nSPS) is 20.2. The molecular formula is C22H40N4O6. The van der Waals surface area contributed by atoms with Crippen LogP contribution < -0.4 is 16.4 Å². The van der Waals surface area contributed by atoms with Gasteiger partial charge < -0.3 is 31.5 Å². The third-order valence-corrected chi connectivity index (χ3v) is 5.72. The predicted molar refractivity (Wildman–Crippen MR) is 119 cm³/mol. The van der Waals surface area contributed by atoms with Crippen LogP contribution in [0.3, 0.4) is 0 Å². The molecule has 5 unspecified atom stereocenters. The van der Waals surface area contributed by atoms with E-state index in [4.69, 9.17) is 5.73 Å². The fourth-order valence-corrected chi connectivity index (χ4v) is 3.86. The minimum atomic E-state index is -1.46. The summed E-state index contributed by atoms with van der Waals surface area (Å²) >= 11 is 0. The summed E-state index contributed by atoms with van der Waals surface area (Å²) in [7, 11) is 0. The minimum absolute atomic E-state index is 0.190. The Morgan fingerprint density at radius 3 is 1.97 bits per heavy atom. The van der Waals surface area contributed by atoms with Crippen LogP contribution in [0.4, 0.5) is 0 Å². The van der Waals surface area contributed by atoms with E-state index in [9.17, 15) is 29.4 Å². The third-order valence-electron chi connectivity index (χ3n) is 5.72. The monoisotopic (exact) mass is 456 g/mol. The number of hydrogen-bond acceptors (Lipinski definition) is 6. The van der Waals surface area contributed by atoms with Crippen molar-refractivity contribution >= 4 is 23.7 Å². The van der Waals surface area contributed by atoms with Gasteiger partial charge in [0.15, 0.2) is 0 Å². The smallest absolute Gasteiger partial charge is 0.326 e. The number of likely N-dealkylation sites (tertiary alicyclic amines) is 1. The first-order valence-electron chi connectivity index (χ1n) is 11.4. The van der Waals surface area contributed by atoms with E-state index in [1.54, 1.807) is 27.7 Å². The lowest BCUT2D eigenvalue weighted by molar-refractivity contribution is -0.150. The Bertz CT molecular complexity index is 681. The Hall–Kier alpha value is -2.20. The van der Waals surface area contributed by atoms with Crippen LogP contribution in [0.15, 0.2) is 0 Å². The van der Waals surface area contributed by atoms with Gasteiger partial charge in [-0.1, -0.05) is 41.5 Å². The molecule has 3 amide bonds. The number of carboxylic acid groups (broad SMARTS) is 1. The summed E-state index contributed by atoms with van der Waals surface area (Å²) in [6.45, 7) is 11.1. The first kappa shape index (κ1) is 27.8. The summed E-state index contributed by atoms with van der Waals surface area (Å²) in [5, 5.41) is 24.9. The lowest BCUT2D eigenvalue weighted by atomic mass is 9.97. The molecule has 10 heteroatoms. The van der Waals surface area contributed by atoms with Gasteiger partial charge >= 0.3 is 5.97 Å². The van der Waals surface area contributed by atoms with Crippen molar-refractivity contribution in [1.29, 1.82) is 0 Å². The maximum absolute atomic E-state index is 13.1. The molecule has 32 heavy (non-hydrogen) atoms. The maximum Gasteiger partial charge on any atom is 0.326 e. The number of carboxylic acids is 1. The molecular weight excluding hydrogens is 416 g/mol. The highest BCUT2D eigenvalue weighted by atomic mass is 16.4. The highest BCUT2D eigenvalue weighted by Gasteiger charge is 2.40. The van der Waals surface area contributed by atoms with E-state index < -0.39 is 54.0 Å². The number of carbonyl (C=O) groups is 4. The molecule has 6 N–H and O–H groups in total. The minimum Gasteiger partial charge on any atom is -0.480 e. The zero-order valence-electron chi connectivity index (χ0n) is 20.0. The standard InChI is InChI=1S/C22H40N4O6/c1-11(2)10-14(23)18(27)20(29)24-16(12(3)4)19(28)25-17(13(5)6)21(30)26-9-7-8-15(26)22(31)32/h11-18,27H,7-10,23H2,1-6H3,(H,24,29)(H,25,28)(H,31,32). The first-order valence-corrected chi connectivity index (χ1v) is 11.4. The molecule has 0 radical (unpaired) electrons. The second kappa shape index (κ2) is 12.2. The molecule has 0 spiro atoms. The third kappa shape index (κ3) is 7.44. The highest BCUT2D eigenvalue weighted by Crippen LogP contribution is 2.20. The van der Waals surface area contributed by atoms with Crippen molar-refractivity contribution in [1.82, 2.24) is 15.5 Å². The van der Waals surface area contributed by atoms with Crippen molar-refractivity contribution < 1.29 is 29.4 Å². The van der Waals surface area contributed by atoms with Crippen LogP contribution in [-0.4, -0.2) is 75.6 Å². The number of nitrogens with one attached hydrogen (secondary N) is 2. The summed E-state index contributed by atoms with van der Waals surface area (Å²) in [5.74, 6) is -3.27. The molecule has 0 aliphatic carbocycles. The van der Waals surface area contributed by atoms with Gasteiger partial charge in [-0.2, -0.15) is 0 Å². The molecule has 0 aromatic carbocycles. The van der Waals surface area contributed by atoms with Gasteiger partial charge in [0.1, 0.15) is 24.2 Å². The largest absolute Gasteiger partial charge is 0.480 e. The van der Waals surface area contributed by atoms with Gasteiger partial charge in [-0.3, -0.25) is 14.4 Å². The second-order valence-corrected chi connectivity index (χ2v) is 9.73. The summed E-state index contributed by atoms with van der Waals surface area (Å²) < 4.78 is 0. The summed E-state index contributed by atoms with van der Waals surface area (Å²) in [6, 6.07) is -3.60. The number of nitrogens with zero attached hydrogens (tertiary/aromatic N) is 1. The van der Waals surface area contributed by atoms with Crippen LogP contribution in [0.2, 0.25) is 0 Å². The topological polar surface area (TPSA) is 162 Å². The Kier molecular flexibility index (Phi) is 10.6. The number of rotatable bonds is 11. The van der Waals surface area contributed by atoms with Crippen LogP contribution in [-0.2, 0) is 19.2 Å². The van der Waals surface area contributed by atoms with Crippen LogP contribution in [0.25, 0.3) is 0 Å². The van der Waals surface area contributed by atoms with Gasteiger partial charge in [0.25, 0.3) is 5.91 Å². The summed E-state index contributed by atoms with van der Waals surface area (Å²) in [6.07, 6.45) is -0.0629. The van der Waals surface area contributed by atoms with Gasteiger partial charge in [0.05, 0.1) is 0 Å². The average Bonchev–Trinajstić information content (AvgIpc) is 3.17. The molecule has 0 saturated carbocycles. The summed E-state index contributed by atoms with van der Waals surface area (Å²) in [5.41, 5.74) is 5.90. The van der Waals surface area contributed by atoms with Gasteiger partial charge in [-0.15, -0.1) is 0 Å². The van der Waals surface area contributed by atoms with Crippen LogP contribution in [0.5, 0.6) is 0 Å². The number of aliphatic hydroxyl groups excluding tert-OH is 1. The average molecular weight is 457 g/mol. The van der Waals surface area contributed by atoms with E-state index in [0.717, 1.165) is 0 Å². The Morgan fingerprint density at radius 2 is 1.50 bits per heavy atom. The predicted octanol–water partition coefficient (Wildman–Crippen LogP) is 0.0779. The van der Waals surface area contributed by atoms with Crippen molar-refractivity contribution in [2.75, 3.05) is 6.54 Å². The van der Waals surface area contributed by atoms with Crippen molar-refractivity contribution in [3.63, 3.8) is 0 Å². The molecule has 0 aromatic rings. The van der Waals surface area contributed by atoms with Gasteiger partial charge in [-0.05, 0) is 37.0 Å². The van der Waals surface area contributed by atoms with Crippen molar-refractivity contribution in [2.45, 2.75) is 91.1 Å². The lowest BCUT2D eigenvalue weighted by Crippen LogP contribution is -2.60. The molecule has 1 aliphatic rings. The molecule has 184 valence electrons. The number of carbonyl (C=O) groups excluding carboxylic acids is 3. The lowest BCUT2D eigenvalue weighted by Gasteiger charge is -2.31. The van der Waals surface area contributed by atoms with Crippen LogP contribution in [0.1, 0.15) is 60.8 Å². The maximum atomic E-state index is 13.1. The number of hydrogen-bond donors (Lipinski definition) is 5. The fourth-order valence-electron chi connectivity index (χ4n) is 3.86. The molecule has 0 aromatic heterocycles. The highest BCUT2D eigenvalue weighted by molar-refractivity contribution is 5.94. The van der Waals surface area contributed by atoms with Crippen LogP contribution in [0, 0.1) is 17.8 Å². The van der Waals surface area contributed by atoms with E-state index in [1.165, 1.54) is 4.90 Å². The van der Waals surface area contributed by atoms with E-state index in [-0.39, 0.29) is 17.8 Å². The Labute approximate surface area is 190 Å². The number of aliphatic carboxylic acids is 1. The molecule has 0 bridgehead atoms. The van der Waals surface area contributed by atoms with Crippen molar-refractivity contribution in [3.05, 3.63) is 0 Å². The van der Waals surface area contributed by atoms with E-state index in [2.05, 4.69) is 10.6 Å². The van der Waals surface area contributed by atoms with Gasteiger partial charge in [-0.25, -0.2) is 4.79 Å². The number of aliphatic hydroxyl groups is 1. The SMILES string of the molecule is CC(C)CC(N)C(O)C(=O)NC(C(=O)NC(C(=O)N1CCCC1C(=O)O)C(C)C)C(C)C. The Morgan fingerprint density at radius 1 is 0.969 bits per heavy atom.